The molecule has 2 aliphatic rings. The van der Waals surface area contributed by atoms with Crippen molar-refractivity contribution in [1.29, 1.82) is 0 Å². The number of para-hydroxylation sites is 1. The van der Waals surface area contributed by atoms with Gasteiger partial charge in [-0.3, -0.25) is 9.69 Å². The highest BCUT2D eigenvalue weighted by Gasteiger charge is 2.29. The van der Waals surface area contributed by atoms with Gasteiger partial charge in [0.25, 0.3) is 0 Å². The van der Waals surface area contributed by atoms with Crippen molar-refractivity contribution in [1.82, 2.24) is 15.1 Å². The number of urea groups is 1. The first-order valence-electron chi connectivity index (χ1n) is 12.4. The van der Waals surface area contributed by atoms with Crippen LogP contribution < -0.4 is 15.4 Å². The third-order valence-electron chi connectivity index (χ3n) is 6.85. The summed E-state index contributed by atoms with van der Waals surface area (Å²) >= 11 is 0. The second-order valence-corrected chi connectivity index (χ2v) is 9.25. The van der Waals surface area contributed by atoms with Gasteiger partial charge < -0.3 is 20.3 Å². The van der Waals surface area contributed by atoms with E-state index in [0.29, 0.717) is 6.54 Å². The predicted molar refractivity (Wildman–Crippen MR) is 134 cm³/mol. The Morgan fingerprint density at radius 3 is 2.35 bits per heavy atom. The lowest BCUT2D eigenvalue weighted by Crippen LogP contribution is -2.50. The molecule has 2 N–H and O–H groups in total. The van der Waals surface area contributed by atoms with E-state index in [9.17, 15) is 9.59 Å². The van der Waals surface area contributed by atoms with Gasteiger partial charge in [0, 0.05) is 31.4 Å². The minimum Gasteiger partial charge on any atom is -0.497 e. The molecule has 34 heavy (non-hydrogen) atoms. The third kappa shape index (κ3) is 6.50. The number of rotatable bonds is 6. The molecule has 0 radical (unpaired) electrons. The fourth-order valence-corrected chi connectivity index (χ4v) is 4.94. The van der Waals surface area contributed by atoms with Crippen molar-refractivity contribution in [2.75, 3.05) is 38.6 Å². The average Bonchev–Trinajstić information content (AvgIpc) is 3.12. The van der Waals surface area contributed by atoms with E-state index in [-0.39, 0.29) is 24.0 Å². The smallest absolute Gasteiger partial charge is 0.318 e. The molecule has 0 spiro atoms. The van der Waals surface area contributed by atoms with Gasteiger partial charge in [-0.1, -0.05) is 43.2 Å². The minimum absolute atomic E-state index is 0.000542. The van der Waals surface area contributed by atoms with E-state index in [1.807, 2.05) is 47.4 Å². The first kappa shape index (κ1) is 24.1. The average molecular weight is 465 g/mol. The van der Waals surface area contributed by atoms with Crippen LogP contribution in [-0.2, 0) is 4.79 Å². The lowest BCUT2D eigenvalue weighted by molar-refractivity contribution is -0.117. The van der Waals surface area contributed by atoms with E-state index in [1.54, 1.807) is 7.11 Å². The molecule has 7 heteroatoms. The molecule has 3 amide bonds. The van der Waals surface area contributed by atoms with E-state index in [2.05, 4.69) is 27.7 Å². The number of hydrogen-bond donors (Lipinski definition) is 2. The van der Waals surface area contributed by atoms with Gasteiger partial charge in [0.05, 0.1) is 19.7 Å². The predicted octanol–water partition coefficient (Wildman–Crippen LogP) is 4.43. The molecular formula is C27H36N4O3. The van der Waals surface area contributed by atoms with Crippen molar-refractivity contribution < 1.29 is 14.3 Å². The van der Waals surface area contributed by atoms with Crippen LogP contribution in [0.4, 0.5) is 10.5 Å². The number of piperidine rings is 1. The van der Waals surface area contributed by atoms with E-state index in [1.165, 1.54) is 0 Å². The minimum atomic E-state index is 0.000542. The lowest BCUT2D eigenvalue weighted by atomic mass is 10.0. The maximum atomic E-state index is 13.3. The number of carbonyl (C=O) groups is 2. The second kappa shape index (κ2) is 11.9. The molecule has 7 nitrogen and oxygen atoms in total. The number of nitrogens with one attached hydrogen (secondary N) is 2. The molecule has 2 aromatic rings. The van der Waals surface area contributed by atoms with Crippen LogP contribution >= 0.6 is 0 Å². The number of methoxy groups -OCH3 is 1. The largest absolute Gasteiger partial charge is 0.497 e. The fraction of sp³-hybridized carbons (Fsp3) is 0.481. The second-order valence-electron chi connectivity index (χ2n) is 9.25. The topological polar surface area (TPSA) is 73.9 Å². The zero-order valence-electron chi connectivity index (χ0n) is 20.0. The van der Waals surface area contributed by atoms with E-state index >= 15 is 0 Å². The first-order chi connectivity index (χ1) is 16.6. The molecule has 0 aromatic heterocycles. The molecule has 0 saturated carbocycles. The van der Waals surface area contributed by atoms with Gasteiger partial charge in [-0.05, 0) is 55.5 Å². The van der Waals surface area contributed by atoms with Crippen molar-refractivity contribution in [3.05, 3.63) is 60.2 Å². The molecule has 0 bridgehead atoms. The van der Waals surface area contributed by atoms with Crippen molar-refractivity contribution in [3.63, 3.8) is 0 Å². The summed E-state index contributed by atoms with van der Waals surface area (Å²) in [5.41, 5.74) is 1.98. The lowest BCUT2D eigenvalue weighted by Gasteiger charge is -2.35. The molecule has 0 aliphatic carbocycles. The van der Waals surface area contributed by atoms with Crippen LogP contribution in [0.1, 0.15) is 50.1 Å². The van der Waals surface area contributed by atoms with Crippen LogP contribution in [0.2, 0.25) is 0 Å². The van der Waals surface area contributed by atoms with Gasteiger partial charge in [0.2, 0.25) is 5.91 Å². The molecule has 1 atom stereocenters. The van der Waals surface area contributed by atoms with Crippen LogP contribution in [0.3, 0.4) is 0 Å². The molecule has 2 saturated heterocycles. The number of benzene rings is 2. The zero-order chi connectivity index (χ0) is 23.8. The molecular weight excluding hydrogens is 428 g/mol. The number of anilines is 1. The van der Waals surface area contributed by atoms with Crippen molar-refractivity contribution in [3.8, 4) is 5.75 Å². The summed E-state index contributed by atoms with van der Waals surface area (Å²) in [6.45, 7) is 2.76. The van der Waals surface area contributed by atoms with E-state index < -0.39 is 0 Å². The highest BCUT2D eigenvalue weighted by molar-refractivity contribution is 5.92. The Morgan fingerprint density at radius 1 is 0.912 bits per heavy atom. The number of nitrogens with zero attached hydrogens (tertiary/aromatic N) is 2. The maximum Gasteiger partial charge on any atom is 0.318 e. The van der Waals surface area contributed by atoms with Gasteiger partial charge in [-0.15, -0.1) is 0 Å². The summed E-state index contributed by atoms with van der Waals surface area (Å²) in [6, 6.07) is 17.9. The summed E-state index contributed by atoms with van der Waals surface area (Å²) in [7, 11) is 1.67. The van der Waals surface area contributed by atoms with Gasteiger partial charge in [-0.2, -0.15) is 0 Å². The third-order valence-corrected chi connectivity index (χ3v) is 6.85. The SMILES string of the molecule is COc1ccc(C2CCCCCN2C(=O)NC2CCN(CC(=O)Nc3ccccc3)CC2)cc1. The maximum absolute atomic E-state index is 13.3. The monoisotopic (exact) mass is 464 g/mol. The molecule has 2 aromatic carbocycles. The summed E-state index contributed by atoms with van der Waals surface area (Å²) < 4.78 is 5.30. The Balaban J connectivity index is 1.28. The fourth-order valence-electron chi connectivity index (χ4n) is 4.94. The molecule has 182 valence electrons. The number of carbonyl (C=O) groups excluding carboxylic acids is 2. The Hall–Kier alpha value is -3.06. The number of ether oxygens (including phenoxy) is 1. The number of likely N-dealkylation sites (tertiary alicyclic amines) is 2. The first-order valence-corrected chi connectivity index (χ1v) is 12.4. The van der Waals surface area contributed by atoms with Crippen molar-refractivity contribution >= 4 is 17.6 Å². The summed E-state index contributed by atoms with van der Waals surface area (Å²) in [5, 5.41) is 6.23. The highest BCUT2D eigenvalue weighted by atomic mass is 16.5. The standard InChI is InChI=1S/C27H36N4O3/c1-34-24-13-11-21(12-14-24)25-10-6-3-7-17-31(25)27(33)29-23-15-18-30(19-16-23)20-26(32)28-22-8-4-2-5-9-22/h2,4-5,8-9,11-14,23,25H,3,6-7,10,15-20H2,1H3,(H,28,32)(H,29,33). The van der Waals surface area contributed by atoms with Crippen LogP contribution in [0.5, 0.6) is 5.75 Å². The molecule has 1 unspecified atom stereocenters. The van der Waals surface area contributed by atoms with Crippen LogP contribution in [0.15, 0.2) is 54.6 Å². The van der Waals surface area contributed by atoms with Gasteiger partial charge >= 0.3 is 6.03 Å². The quantitative estimate of drug-likeness (QED) is 0.664. The molecule has 2 fully saturated rings. The summed E-state index contributed by atoms with van der Waals surface area (Å²) in [4.78, 5) is 29.8. The van der Waals surface area contributed by atoms with Gasteiger partial charge in [0.1, 0.15) is 5.75 Å². The summed E-state index contributed by atoms with van der Waals surface area (Å²) in [6.07, 6.45) is 6.00. The Labute approximate surface area is 202 Å². The normalized spacial score (nSPS) is 19.8. The zero-order valence-corrected chi connectivity index (χ0v) is 20.0. The van der Waals surface area contributed by atoms with E-state index in [4.69, 9.17) is 4.74 Å². The van der Waals surface area contributed by atoms with Crippen LogP contribution in [-0.4, -0.2) is 61.1 Å². The van der Waals surface area contributed by atoms with Crippen LogP contribution in [0, 0.1) is 0 Å². The number of hydrogen-bond acceptors (Lipinski definition) is 4. The molecule has 2 heterocycles. The molecule has 4 rings (SSSR count). The van der Waals surface area contributed by atoms with Crippen molar-refractivity contribution in [2.45, 2.75) is 50.6 Å². The Kier molecular flexibility index (Phi) is 8.41. The molecule has 2 aliphatic heterocycles. The van der Waals surface area contributed by atoms with Gasteiger partial charge in [-0.25, -0.2) is 4.79 Å². The van der Waals surface area contributed by atoms with Gasteiger partial charge in [0.15, 0.2) is 0 Å². The Bertz CT molecular complexity index is 927. The number of amides is 3. The van der Waals surface area contributed by atoms with E-state index in [0.717, 1.165) is 75.2 Å². The Morgan fingerprint density at radius 2 is 1.65 bits per heavy atom. The highest BCUT2D eigenvalue weighted by Crippen LogP contribution is 2.31. The van der Waals surface area contributed by atoms with Crippen molar-refractivity contribution in [2.24, 2.45) is 0 Å². The van der Waals surface area contributed by atoms with Crippen LogP contribution in [0.25, 0.3) is 0 Å². The summed E-state index contributed by atoms with van der Waals surface area (Å²) in [5.74, 6) is 0.832.